The minimum atomic E-state index is -0.420. The van der Waals surface area contributed by atoms with E-state index in [0.717, 1.165) is 0 Å². The zero-order valence-electron chi connectivity index (χ0n) is 9.42. The largest absolute Gasteiger partial charge is 0.375 e. The number of amides is 1. The van der Waals surface area contributed by atoms with Gasteiger partial charge in [-0.15, -0.1) is 0 Å². The Kier molecular flexibility index (Phi) is 5.14. The van der Waals surface area contributed by atoms with Crippen LogP contribution in [0.25, 0.3) is 0 Å². The molecule has 0 radical (unpaired) electrons. The number of anilines is 1. The average Bonchev–Trinajstić information content (AvgIpc) is 2.30. The average molecular weight is 236 g/mol. The minimum Gasteiger partial charge on any atom is -0.375 e. The quantitative estimate of drug-likeness (QED) is 0.760. The highest BCUT2D eigenvalue weighted by Crippen LogP contribution is 2.15. The summed E-state index contributed by atoms with van der Waals surface area (Å²) in [6.45, 7) is 0.100. The number of nitrogens with one attached hydrogen (secondary N) is 1. The molecule has 17 heavy (non-hydrogen) atoms. The van der Waals surface area contributed by atoms with Gasteiger partial charge in [-0.05, 0) is 18.2 Å². The van der Waals surface area contributed by atoms with Crippen molar-refractivity contribution in [2.75, 3.05) is 25.6 Å². The van der Waals surface area contributed by atoms with Gasteiger partial charge in [0, 0.05) is 7.11 Å². The lowest BCUT2D eigenvalue weighted by Crippen LogP contribution is -2.17. The molecule has 1 aromatic carbocycles. The van der Waals surface area contributed by atoms with Crippen molar-refractivity contribution in [3.63, 3.8) is 0 Å². The molecule has 0 aliphatic heterocycles. The lowest BCUT2D eigenvalue weighted by molar-refractivity contribution is -0.119. The van der Waals surface area contributed by atoms with E-state index in [9.17, 15) is 9.18 Å². The predicted octanol–water partition coefficient (Wildman–Crippen LogP) is 0.721. The first-order chi connectivity index (χ1) is 8.17. The first kappa shape index (κ1) is 13.2. The van der Waals surface area contributed by atoms with Gasteiger partial charge in [0.25, 0.3) is 0 Å². The van der Waals surface area contributed by atoms with Crippen LogP contribution in [-0.4, -0.2) is 26.2 Å². The molecule has 0 unspecified atom stereocenters. The molecule has 1 aromatic rings. The van der Waals surface area contributed by atoms with Crippen molar-refractivity contribution in [1.82, 2.24) is 0 Å². The molecule has 1 rings (SSSR count). The maximum atomic E-state index is 13.0. The monoisotopic (exact) mass is 236 g/mol. The summed E-state index contributed by atoms with van der Waals surface area (Å²) in [4.78, 5) is 11.3. The Morgan fingerprint density at radius 1 is 1.59 bits per heavy atom. The Labute approximate surface area is 99.0 Å². The van der Waals surface area contributed by atoms with Gasteiger partial charge in [-0.3, -0.25) is 4.79 Å². The van der Waals surface area contributed by atoms with E-state index in [1.54, 1.807) is 0 Å². The van der Waals surface area contributed by atoms with Crippen LogP contribution in [0.5, 0.6) is 0 Å². The van der Waals surface area contributed by atoms with E-state index in [-0.39, 0.29) is 19.1 Å². The molecule has 0 atom stereocenters. The van der Waals surface area contributed by atoms with E-state index in [0.29, 0.717) is 11.3 Å². The summed E-state index contributed by atoms with van der Waals surface area (Å²) in [5.41, 5.74) is 6.07. The Morgan fingerprint density at radius 3 is 3.00 bits per heavy atom. The van der Waals surface area contributed by atoms with Crippen LogP contribution >= 0.6 is 0 Å². The molecule has 0 bridgehead atoms. The second kappa shape index (κ2) is 6.63. The molecule has 90 valence electrons. The molecule has 0 saturated heterocycles. The molecule has 5 heteroatoms. The van der Waals surface area contributed by atoms with E-state index in [1.165, 1.54) is 25.3 Å². The van der Waals surface area contributed by atoms with Crippen molar-refractivity contribution in [3.05, 3.63) is 29.6 Å². The summed E-state index contributed by atoms with van der Waals surface area (Å²) < 4.78 is 17.7. The van der Waals surface area contributed by atoms with Crippen molar-refractivity contribution >= 4 is 11.6 Å². The van der Waals surface area contributed by atoms with Gasteiger partial charge in [0.05, 0.1) is 17.8 Å². The van der Waals surface area contributed by atoms with E-state index in [4.69, 9.17) is 5.73 Å². The van der Waals surface area contributed by atoms with Crippen molar-refractivity contribution < 1.29 is 13.9 Å². The molecule has 0 aliphatic rings. The number of carbonyl (C=O) groups is 1. The van der Waals surface area contributed by atoms with Gasteiger partial charge < -0.3 is 15.8 Å². The van der Waals surface area contributed by atoms with Crippen LogP contribution in [0.15, 0.2) is 18.2 Å². The zero-order valence-corrected chi connectivity index (χ0v) is 9.42. The van der Waals surface area contributed by atoms with Crippen LogP contribution in [0, 0.1) is 17.7 Å². The number of carbonyl (C=O) groups excluding carboxylic acids is 1. The SMILES string of the molecule is COCC(=O)Nc1ccc(F)cc1C#CCN. The van der Waals surface area contributed by atoms with Crippen LogP contribution in [-0.2, 0) is 9.53 Å². The number of methoxy groups -OCH3 is 1. The third kappa shape index (κ3) is 4.23. The van der Waals surface area contributed by atoms with Crippen molar-refractivity contribution in [2.45, 2.75) is 0 Å². The first-order valence-corrected chi connectivity index (χ1v) is 4.94. The zero-order chi connectivity index (χ0) is 12.7. The molecular formula is C12H13FN2O2. The molecule has 0 spiro atoms. The van der Waals surface area contributed by atoms with E-state index in [1.807, 2.05) is 0 Å². The van der Waals surface area contributed by atoms with E-state index < -0.39 is 5.82 Å². The van der Waals surface area contributed by atoms with Crippen LogP contribution in [0.2, 0.25) is 0 Å². The van der Waals surface area contributed by atoms with Gasteiger partial charge in [0.2, 0.25) is 5.91 Å². The molecule has 0 fully saturated rings. The second-order valence-electron chi connectivity index (χ2n) is 3.18. The lowest BCUT2D eigenvalue weighted by atomic mass is 10.1. The summed E-state index contributed by atoms with van der Waals surface area (Å²) in [6, 6.07) is 3.94. The number of rotatable bonds is 3. The van der Waals surface area contributed by atoms with Gasteiger partial charge >= 0.3 is 0 Å². The Balaban J connectivity index is 2.94. The predicted molar refractivity (Wildman–Crippen MR) is 62.8 cm³/mol. The molecule has 1 amide bonds. The summed E-state index contributed by atoms with van der Waals surface area (Å²) in [5.74, 6) is 4.55. The second-order valence-corrected chi connectivity index (χ2v) is 3.18. The normalized spacial score (nSPS) is 9.35. The number of nitrogens with two attached hydrogens (primary N) is 1. The summed E-state index contributed by atoms with van der Waals surface area (Å²) >= 11 is 0. The molecule has 0 aliphatic carbocycles. The highest BCUT2D eigenvalue weighted by molar-refractivity contribution is 5.93. The lowest BCUT2D eigenvalue weighted by Gasteiger charge is -2.06. The third-order valence-corrected chi connectivity index (χ3v) is 1.86. The van der Waals surface area contributed by atoms with E-state index >= 15 is 0 Å². The molecular weight excluding hydrogens is 223 g/mol. The fourth-order valence-electron chi connectivity index (χ4n) is 1.19. The van der Waals surface area contributed by atoms with Crippen LogP contribution in [0.1, 0.15) is 5.56 Å². The van der Waals surface area contributed by atoms with Gasteiger partial charge in [-0.1, -0.05) is 11.8 Å². The van der Waals surface area contributed by atoms with E-state index in [2.05, 4.69) is 21.9 Å². The number of halogens is 1. The van der Waals surface area contributed by atoms with Gasteiger partial charge in [-0.2, -0.15) is 0 Å². The fraction of sp³-hybridized carbons (Fsp3) is 0.250. The maximum absolute atomic E-state index is 13.0. The molecule has 0 aromatic heterocycles. The van der Waals surface area contributed by atoms with Gasteiger partial charge in [-0.25, -0.2) is 4.39 Å². The van der Waals surface area contributed by atoms with Crippen LogP contribution < -0.4 is 11.1 Å². The van der Waals surface area contributed by atoms with Crippen LogP contribution in [0.3, 0.4) is 0 Å². The summed E-state index contributed by atoms with van der Waals surface area (Å²) in [6.07, 6.45) is 0. The van der Waals surface area contributed by atoms with Crippen LogP contribution in [0.4, 0.5) is 10.1 Å². The smallest absolute Gasteiger partial charge is 0.250 e. The Bertz CT molecular complexity index is 463. The summed E-state index contributed by atoms with van der Waals surface area (Å²) in [7, 11) is 1.42. The number of benzene rings is 1. The topological polar surface area (TPSA) is 64.3 Å². The maximum Gasteiger partial charge on any atom is 0.250 e. The van der Waals surface area contributed by atoms with Crippen molar-refractivity contribution in [1.29, 1.82) is 0 Å². The molecule has 3 N–H and O–H groups in total. The van der Waals surface area contributed by atoms with Gasteiger partial charge in [0.1, 0.15) is 12.4 Å². The first-order valence-electron chi connectivity index (χ1n) is 4.94. The Hall–Kier alpha value is -1.90. The third-order valence-electron chi connectivity index (χ3n) is 1.86. The summed E-state index contributed by atoms with van der Waals surface area (Å²) in [5, 5.41) is 2.57. The Morgan fingerprint density at radius 2 is 2.35 bits per heavy atom. The number of hydrogen-bond donors (Lipinski definition) is 2. The molecule has 0 saturated carbocycles. The van der Waals surface area contributed by atoms with Crippen molar-refractivity contribution in [3.8, 4) is 11.8 Å². The fourth-order valence-corrected chi connectivity index (χ4v) is 1.19. The molecule has 4 nitrogen and oxygen atoms in total. The minimum absolute atomic E-state index is 0.0683. The standard InChI is InChI=1S/C12H13FN2O2/c1-17-8-12(16)15-11-5-4-10(13)7-9(11)3-2-6-14/h4-5,7H,6,8,14H2,1H3,(H,15,16). The highest BCUT2D eigenvalue weighted by Gasteiger charge is 2.06. The van der Waals surface area contributed by atoms with Gasteiger partial charge in [0.15, 0.2) is 0 Å². The molecule has 0 heterocycles. The van der Waals surface area contributed by atoms with Crippen molar-refractivity contribution in [2.24, 2.45) is 5.73 Å². The number of ether oxygens (including phenoxy) is 1. The highest BCUT2D eigenvalue weighted by atomic mass is 19.1. The number of hydrogen-bond acceptors (Lipinski definition) is 3.